The number of rotatable bonds is 7. The lowest BCUT2D eigenvalue weighted by atomic mass is 10.0. The first-order chi connectivity index (χ1) is 16.1. The van der Waals surface area contributed by atoms with Crippen LogP contribution in [0.4, 0.5) is 0 Å². The van der Waals surface area contributed by atoms with Gasteiger partial charge < -0.3 is 24.6 Å². The number of aliphatic hydroxyl groups is 1. The van der Waals surface area contributed by atoms with Gasteiger partial charge >= 0.3 is 0 Å². The zero-order valence-corrected chi connectivity index (χ0v) is 19.1. The maximum atomic E-state index is 12.5. The number of methoxy groups -OCH3 is 1. The van der Waals surface area contributed by atoms with Gasteiger partial charge in [-0.2, -0.15) is 4.98 Å². The number of aliphatic hydroxyl groups excluding tert-OH is 1. The van der Waals surface area contributed by atoms with E-state index in [0.717, 1.165) is 28.1 Å². The summed E-state index contributed by atoms with van der Waals surface area (Å²) in [5.41, 5.74) is 1.23. The molecule has 0 radical (unpaired) electrons. The Morgan fingerprint density at radius 1 is 1.33 bits per heavy atom. The molecular weight excluding hydrogens is 444 g/mol. The molecular formula is C23H26N4O5S. The Morgan fingerprint density at radius 3 is 3.03 bits per heavy atom. The Hall–Kier alpha value is -2.66. The fraction of sp³-hybridized carbons (Fsp3) is 0.435. The molecule has 0 amide bonds. The number of nitrogens with zero attached hydrogens (tertiary/aromatic N) is 3. The van der Waals surface area contributed by atoms with Gasteiger partial charge in [-0.1, -0.05) is 11.8 Å². The van der Waals surface area contributed by atoms with Crippen molar-refractivity contribution in [2.24, 2.45) is 0 Å². The molecule has 1 unspecified atom stereocenters. The van der Waals surface area contributed by atoms with Gasteiger partial charge in [-0.15, -0.1) is 0 Å². The SMILES string of the molecule is COc1ccc2ccc(=O)n(C[C@H](O)C3CC[C@@H](NCc4cc5c(cn4)OCS5)CO3)c2n1. The average Bonchev–Trinajstić information content (AvgIpc) is 3.32. The summed E-state index contributed by atoms with van der Waals surface area (Å²) in [5, 5.41) is 15.1. The van der Waals surface area contributed by atoms with E-state index in [2.05, 4.69) is 21.4 Å². The molecule has 2 N–H and O–H groups in total. The third-order valence-electron chi connectivity index (χ3n) is 6.01. The number of fused-ring (bicyclic) bond motifs is 2. The molecule has 2 aliphatic rings. The number of aromatic nitrogens is 3. The Balaban J connectivity index is 1.18. The van der Waals surface area contributed by atoms with Crippen LogP contribution in [0.2, 0.25) is 0 Å². The second kappa shape index (κ2) is 9.68. The van der Waals surface area contributed by atoms with Crippen LogP contribution in [-0.2, 0) is 17.8 Å². The second-order valence-electron chi connectivity index (χ2n) is 8.17. The average molecular weight is 471 g/mol. The lowest BCUT2D eigenvalue weighted by molar-refractivity contribution is -0.0771. The van der Waals surface area contributed by atoms with Crippen LogP contribution in [0, 0.1) is 0 Å². The van der Waals surface area contributed by atoms with Gasteiger partial charge in [-0.25, -0.2) is 0 Å². The maximum absolute atomic E-state index is 12.5. The van der Waals surface area contributed by atoms with E-state index in [1.165, 1.54) is 17.7 Å². The van der Waals surface area contributed by atoms with Crippen molar-refractivity contribution in [2.75, 3.05) is 19.7 Å². The third-order valence-corrected chi connectivity index (χ3v) is 6.88. The summed E-state index contributed by atoms with van der Waals surface area (Å²) >= 11 is 1.67. The largest absolute Gasteiger partial charge is 0.481 e. The van der Waals surface area contributed by atoms with Gasteiger partial charge in [0.15, 0.2) is 5.75 Å². The number of thioether (sulfide) groups is 1. The molecule has 0 aliphatic carbocycles. The van der Waals surface area contributed by atoms with E-state index < -0.39 is 6.10 Å². The Labute approximate surface area is 195 Å². The Bertz CT molecular complexity index is 1200. The van der Waals surface area contributed by atoms with E-state index in [0.29, 0.717) is 37.0 Å². The first-order valence-electron chi connectivity index (χ1n) is 10.9. The monoisotopic (exact) mass is 470 g/mol. The Kier molecular flexibility index (Phi) is 6.50. The fourth-order valence-corrected chi connectivity index (χ4v) is 4.95. The molecule has 0 bridgehead atoms. The normalized spacial score (nSPS) is 20.9. The molecule has 0 aromatic carbocycles. The van der Waals surface area contributed by atoms with Crippen LogP contribution in [-0.4, -0.2) is 57.5 Å². The number of hydrogen-bond acceptors (Lipinski definition) is 9. The molecule has 2 aliphatic heterocycles. The smallest absolute Gasteiger partial charge is 0.252 e. The number of nitrogens with one attached hydrogen (secondary N) is 1. The van der Waals surface area contributed by atoms with Crippen molar-refractivity contribution in [3.05, 3.63) is 52.6 Å². The van der Waals surface area contributed by atoms with Crippen LogP contribution >= 0.6 is 11.8 Å². The summed E-state index contributed by atoms with van der Waals surface area (Å²) in [4.78, 5) is 22.5. The van der Waals surface area contributed by atoms with Gasteiger partial charge in [0.05, 0.1) is 49.3 Å². The van der Waals surface area contributed by atoms with Crippen molar-refractivity contribution in [1.29, 1.82) is 0 Å². The molecule has 10 heteroatoms. The van der Waals surface area contributed by atoms with Crippen LogP contribution in [0.15, 0.2) is 46.2 Å². The molecule has 0 saturated carbocycles. The molecule has 1 saturated heterocycles. The van der Waals surface area contributed by atoms with Crippen molar-refractivity contribution in [3.63, 3.8) is 0 Å². The number of ether oxygens (including phenoxy) is 3. The van der Waals surface area contributed by atoms with Crippen molar-refractivity contribution in [1.82, 2.24) is 19.9 Å². The first kappa shape index (κ1) is 22.1. The highest BCUT2D eigenvalue weighted by Crippen LogP contribution is 2.35. The van der Waals surface area contributed by atoms with Crippen LogP contribution < -0.4 is 20.3 Å². The van der Waals surface area contributed by atoms with E-state index in [9.17, 15) is 9.90 Å². The molecule has 1 fully saturated rings. The molecule has 33 heavy (non-hydrogen) atoms. The van der Waals surface area contributed by atoms with E-state index in [4.69, 9.17) is 14.2 Å². The molecule has 5 heterocycles. The van der Waals surface area contributed by atoms with Gasteiger partial charge in [0, 0.05) is 30.1 Å². The minimum absolute atomic E-state index is 0.109. The predicted molar refractivity (Wildman–Crippen MR) is 124 cm³/mol. The van der Waals surface area contributed by atoms with Gasteiger partial charge in [0.25, 0.3) is 5.56 Å². The zero-order chi connectivity index (χ0) is 22.8. The highest BCUT2D eigenvalue weighted by atomic mass is 32.2. The van der Waals surface area contributed by atoms with Crippen LogP contribution in [0.1, 0.15) is 18.5 Å². The molecule has 0 spiro atoms. The summed E-state index contributed by atoms with van der Waals surface area (Å²) in [5.74, 6) is 1.91. The van der Waals surface area contributed by atoms with E-state index in [1.54, 1.807) is 30.1 Å². The van der Waals surface area contributed by atoms with Crippen molar-refractivity contribution < 1.29 is 19.3 Å². The number of pyridine rings is 3. The second-order valence-corrected chi connectivity index (χ2v) is 9.14. The summed E-state index contributed by atoms with van der Waals surface area (Å²) in [6.07, 6.45) is 2.16. The van der Waals surface area contributed by atoms with Gasteiger partial charge in [-0.3, -0.25) is 14.3 Å². The molecule has 3 atom stereocenters. The van der Waals surface area contributed by atoms with Crippen molar-refractivity contribution in [3.8, 4) is 11.6 Å². The molecule has 3 aromatic rings. The summed E-state index contributed by atoms with van der Waals surface area (Å²) in [7, 11) is 1.53. The minimum Gasteiger partial charge on any atom is -0.481 e. The topological polar surface area (TPSA) is 108 Å². The minimum atomic E-state index is -0.822. The Morgan fingerprint density at radius 2 is 2.21 bits per heavy atom. The lowest BCUT2D eigenvalue weighted by Gasteiger charge is -2.32. The highest BCUT2D eigenvalue weighted by molar-refractivity contribution is 7.99. The first-order valence-corrected chi connectivity index (χ1v) is 11.9. The van der Waals surface area contributed by atoms with E-state index in [-0.39, 0.29) is 24.2 Å². The summed E-state index contributed by atoms with van der Waals surface area (Å²) < 4.78 is 18.1. The predicted octanol–water partition coefficient (Wildman–Crippen LogP) is 1.94. The maximum Gasteiger partial charge on any atom is 0.252 e. The summed E-state index contributed by atoms with van der Waals surface area (Å²) in [6, 6.07) is 9.04. The highest BCUT2D eigenvalue weighted by Gasteiger charge is 2.28. The van der Waals surface area contributed by atoms with Crippen molar-refractivity contribution in [2.45, 2.75) is 49.1 Å². The van der Waals surface area contributed by atoms with Crippen molar-refractivity contribution >= 4 is 22.8 Å². The lowest BCUT2D eigenvalue weighted by Crippen LogP contribution is -2.45. The fourth-order valence-electron chi connectivity index (χ4n) is 4.16. The van der Waals surface area contributed by atoms with Crippen LogP contribution in [0.5, 0.6) is 11.6 Å². The van der Waals surface area contributed by atoms with Crippen LogP contribution in [0.25, 0.3) is 11.0 Å². The molecule has 9 nitrogen and oxygen atoms in total. The zero-order valence-electron chi connectivity index (χ0n) is 18.3. The van der Waals surface area contributed by atoms with Gasteiger partial charge in [-0.05, 0) is 31.0 Å². The van der Waals surface area contributed by atoms with Gasteiger partial charge in [0.1, 0.15) is 11.6 Å². The van der Waals surface area contributed by atoms with E-state index in [1.807, 2.05) is 6.07 Å². The van der Waals surface area contributed by atoms with E-state index >= 15 is 0 Å². The number of hydrogen-bond donors (Lipinski definition) is 2. The van der Waals surface area contributed by atoms with Crippen LogP contribution in [0.3, 0.4) is 0 Å². The van der Waals surface area contributed by atoms with Gasteiger partial charge in [0.2, 0.25) is 5.88 Å². The third kappa shape index (κ3) is 4.84. The molecule has 174 valence electrons. The summed E-state index contributed by atoms with van der Waals surface area (Å²) in [6.45, 7) is 1.24. The quantitative estimate of drug-likeness (QED) is 0.536. The molecule has 5 rings (SSSR count). The standard InChI is InChI=1S/C23H26N4O5S/c1-30-21-6-2-14-3-7-22(29)27(23(14)26-21)11-17(28)18-5-4-15(12-31-18)24-9-16-8-20-19(10-25-16)32-13-33-20/h2-3,6-8,10,15,17-18,24,28H,4-5,9,11-13H2,1H3/t15-,17+,18?/m1/s1. The molecule has 3 aromatic heterocycles.